The van der Waals surface area contributed by atoms with Crippen LogP contribution in [0.3, 0.4) is 0 Å². The van der Waals surface area contributed by atoms with Gasteiger partial charge < -0.3 is 14.3 Å². The quantitative estimate of drug-likeness (QED) is 0.275. The number of benzene rings is 1. The number of aryl methyl sites for hydroxylation is 1. The third kappa shape index (κ3) is 3.88. The summed E-state index contributed by atoms with van der Waals surface area (Å²) in [6.07, 6.45) is 6.72. The summed E-state index contributed by atoms with van der Waals surface area (Å²) in [7, 11) is 0. The van der Waals surface area contributed by atoms with Gasteiger partial charge in [-0.1, -0.05) is 30.0 Å². The zero-order valence-corrected chi connectivity index (χ0v) is 20.4. The lowest BCUT2D eigenvalue weighted by Crippen LogP contribution is -2.17. The van der Waals surface area contributed by atoms with Gasteiger partial charge in [0, 0.05) is 58.8 Å². The number of thioether (sulfide) groups is 1. The average Bonchev–Trinajstić information content (AvgIpc) is 3.20. The number of para-hydroxylation sites is 1. The van der Waals surface area contributed by atoms with Crippen molar-refractivity contribution in [1.29, 1.82) is 0 Å². The molecule has 0 amide bonds. The van der Waals surface area contributed by atoms with Crippen LogP contribution in [-0.2, 0) is 11.3 Å². The molecule has 4 heterocycles. The molecular weight excluding hydrogens is 446 g/mol. The zero-order chi connectivity index (χ0) is 23.2. The molecule has 1 aromatic carbocycles. The smallest absolute Gasteiger partial charge is 0.192 e. The first-order valence-corrected chi connectivity index (χ1v) is 13.0. The number of aromatic amines is 1. The van der Waals surface area contributed by atoms with Gasteiger partial charge in [0.2, 0.25) is 0 Å². The normalized spacial score (nSPS) is 18.2. The maximum absolute atomic E-state index is 13.2. The molecule has 2 fully saturated rings. The number of nitrogens with one attached hydrogen (secondary N) is 1. The molecule has 1 aliphatic heterocycles. The Balaban J connectivity index is 1.22. The minimum Gasteiger partial charge on any atom is -0.376 e. The van der Waals surface area contributed by atoms with Crippen molar-refractivity contribution >= 4 is 28.4 Å². The molecule has 1 saturated heterocycles. The maximum atomic E-state index is 13.2. The van der Waals surface area contributed by atoms with Crippen LogP contribution in [0.5, 0.6) is 0 Å². The van der Waals surface area contributed by atoms with Gasteiger partial charge in [0.1, 0.15) is 0 Å². The van der Waals surface area contributed by atoms with Crippen LogP contribution in [0.25, 0.3) is 22.3 Å². The van der Waals surface area contributed by atoms with Crippen LogP contribution in [0.1, 0.15) is 53.5 Å². The molecule has 0 spiro atoms. The van der Waals surface area contributed by atoms with E-state index < -0.39 is 0 Å². The number of aromatic nitrogens is 5. The van der Waals surface area contributed by atoms with Crippen molar-refractivity contribution in [3.8, 4) is 11.4 Å². The van der Waals surface area contributed by atoms with E-state index in [1.54, 1.807) is 0 Å². The highest BCUT2D eigenvalue weighted by Gasteiger charge is 2.31. The summed E-state index contributed by atoms with van der Waals surface area (Å²) in [5.74, 6) is 1.36. The molecule has 4 aromatic rings. The van der Waals surface area contributed by atoms with E-state index in [-0.39, 0.29) is 11.9 Å². The Kier molecular flexibility index (Phi) is 5.57. The van der Waals surface area contributed by atoms with Gasteiger partial charge in [-0.2, -0.15) is 0 Å². The zero-order valence-electron chi connectivity index (χ0n) is 19.6. The second-order valence-corrected chi connectivity index (χ2v) is 10.3. The van der Waals surface area contributed by atoms with Gasteiger partial charge in [0.15, 0.2) is 16.8 Å². The Bertz CT molecular complexity index is 1360. The first-order valence-electron chi connectivity index (χ1n) is 12.1. The molecule has 7 nitrogen and oxygen atoms in total. The Morgan fingerprint density at radius 1 is 1.21 bits per heavy atom. The Morgan fingerprint density at radius 2 is 2.06 bits per heavy atom. The summed E-state index contributed by atoms with van der Waals surface area (Å²) in [5.41, 5.74) is 5.10. The van der Waals surface area contributed by atoms with Gasteiger partial charge in [-0.3, -0.25) is 9.36 Å². The molecule has 176 valence electrons. The fourth-order valence-electron chi connectivity index (χ4n) is 5.04. The van der Waals surface area contributed by atoms with Crippen LogP contribution in [0.2, 0.25) is 0 Å². The molecule has 1 atom stereocenters. The van der Waals surface area contributed by atoms with Crippen molar-refractivity contribution < 1.29 is 9.53 Å². The van der Waals surface area contributed by atoms with E-state index in [4.69, 9.17) is 4.74 Å². The third-order valence-corrected chi connectivity index (χ3v) is 7.97. The van der Waals surface area contributed by atoms with Crippen LogP contribution in [0.15, 0.2) is 41.7 Å². The van der Waals surface area contributed by atoms with E-state index >= 15 is 0 Å². The predicted molar refractivity (Wildman–Crippen MR) is 134 cm³/mol. The van der Waals surface area contributed by atoms with Crippen LogP contribution in [0, 0.1) is 13.8 Å². The number of carbonyl (C=O) groups is 1. The lowest BCUT2D eigenvalue weighted by molar-refractivity contribution is 0.0957. The van der Waals surface area contributed by atoms with Gasteiger partial charge in [-0.05, 0) is 51.7 Å². The van der Waals surface area contributed by atoms with E-state index in [0.29, 0.717) is 11.8 Å². The number of Topliss-reactive ketones (excluding diaryl/α,β-unsaturated/α-hetero) is 1. The number of rotatable bonds is 8. The summed E-state index contributed by atoms with van der Waals surface area (Å²) in [5, 5.41) is 11.0. The second-order valence-electron chi connectivity index (χ2n) is 9.40. The molecule has 1 aliphatic carbocycles. The van der Waals surface area contributed by atoms with E-state index in [1.165, 1.54) is 11.8 Å². The van der Waals surface area contributed by atoms with Crippen molar-refractivity contribution in [2.45, 2.75) is 63.4 Å². The van der Waals surface area contributed by atoms with Crippen LogP contribution in [-0.4, -0.2) is 48.6 Å². The summed E-state index contributed by atoms with van der Waals surface area (Å²) < 4.78 is 10.3. The fraction of sp³-hybridized carbons (Fsp3) is 0.423. The van der Waals surface area contributed by atoms with Crippen molar-refractivity contribution in [1.82, 2.24) is 24.3 Å². The van der Waals surface area contributed by atoms with Gasteiger partial charge in [0.25, 0.3) is 0 Å². The van der Waals surface area contributed by atoms with E-state index in [0.717, 1.165) is 83.2 Å². The molecule has 1 saturated carbocycles. The largest absolute Gasteiger partial charge is 0.376 e. The SMILES string of the molecule is Cc1cc(C(=O)CSc2nnc(-c3c[nH]c4ccccc34)n2C2CC2)c(C)n1C[C@H]1CCCO1. The molecule has 1 N–H and O–H groups in total. The van der Waals surface area contributed by atoms with Crippen molar-refractivity contribution in [3.63, 3.8) is 0 Å². The van der Waals surface area contributed by atoms with E-state index in [1.807, 2.05) is 31.3 Å². The molecule has 0 radical (unpaired) electrons. The highest BCUT2D eigenvalue weighted by Crippen LogP contribution is 2.42. The highest BCUT2D eigenvalue weighted by molar-refractivity contribution is 7.99. The number of fused-ring (bicyclic) bond motifs is 1. The number of nitrogens with zero attached hydrogens (tertiary/aromatic N) is 4. The van der Waals surface area contributed by atoms with Gasteiger partial charge in [-0.15, -0.1) is 10.2 Å². The molecule has 3 aromatic heterocycles. The Hall–Kier alpha value is -2.84. The fourth-order valence-corrected chi connectivity index (χ4v) is 5.93. The summed E-state index contributed by atoms with van der Waals surface area (Å²) in [6.45, 7) is 5.78. The third-order valence-electron chi connectivity index (χ3n) is 7.02. The summed E-state index contributed by atoms with van der Waals surface area (Å²) in [4.78, 5) is 16.6. The van der Waals surface area contributed by atoms with Crippen LogP contribution >= 0.6 is 11.8 Å². The molecule has 0 unspecified atom stereocenters. The van der Waals surface area contributed by atoms with E-state index in [9.17, 15) is 4.79 Å². The lowest BCUT2D eigenvalue weighted by atomic mass is 10.1. The molecular formula is C26H29N5O2S. The molecule has 2 aliphatic rings. The number of carbonyl (C=O) groups excluding carboxylic acids is 1. The highest BCUT2D eigenvalue weighted by atomic mass is 32.2. The maximum Gasteiger partial charge on any atom is 0.192 e. The average molecular weight is 476 g/mol. The number of ketones is 1. The standard InChI is InChI=1S/C26H29N5O2S/c1-16-12-21(17(2)30(16)14-19-6-5-11-33-19)24(32)15-34-26-29-28-25(31(26)18-9-10-18)22-13-27-23-8-4-3-7-20(22)23/h3-4,7-8,12-13,18-19,27H,5-6,9-11,14-15H2,1-2H3/t19-/m1/s1. The molecule has 0 bridgehead atoms. The Labute approximate surface area is 202 Å². The van der Waals surface area contributed by atoms with Crippen molar-refractivity contribution in [2.75, 3.05) is 12.4 Å². The summed E-state index contributed by atoms with van der Waals surface area (Å²) in [6, 6.07) is 10.7. The predicted octanol–water partition coefficient (Wildman–Crippen LogP) is 5.33. The van der Waals surface area contributed by atoms with Crippen molar-refractivity contribution in [3.05, 3.63) is 53.5 Å². The second kappa shape index (κ2) is 8.74. The minimum absolute atomic E-state index is 0.135. The monoisotopic (exact) mass is 475 g/mol. The van der Waals surface area contributed by atoms with E-state index in [2.05, 4.69) is 43.4 Å². The number of ether oxygens (including phenoxy) is 1. The number of hydrogen-bond acceptors (Lipinski definition) is 5. The Morgan fingerprint density at radius 3 is 2.85 bits per heavy atom. The van der Waals surface area contributed by atoms with Gasteiger partial charge in [0.05, 0.1) is 11.9 Å². The van der Waals surface area contributed by atoms with Crippen LogP contribution in [0.4, 0.5) is 0 Å². The van der Waals surface area contributed by atoms with Gasteiger partial charge >= 0.3 is 0 Å². The topological polar surface area (TPSA) is 77.7 Å². The molecule has 34 heavy (non-hydrogen) atoms. The number of hydrogen-bond donors (Lipinski definition) is 1. The minimum atomic E-state index is 0.135. The summed E-state index contributed by atoms with van der Waals surface area (Å²) >= 11 is 1.49. The first kappa shape index (κ1) is 21.7. The first-order chi connectivity index (χ1) is 16.6. The molecule has 6 rings (SSSR count). The lowest BCUT2D eigenvalue weighted by Gasteiger charge is -2.14. The van der Waals surface area contributed by atoms with Crippen LogP contribution < -0.4 is 0 Å². The van der Waals surface area contributed by atoms with Crippen molar-refractivity contribution in [2.24, 2.45) is 0 Å². The van der Waals surface area contributed by atoms with Gasteiger partial charge in [-0.25, -0.2) is 0 Å². The number of H-pyrrole nitrogens is 1. The molecule has 8 heteroatoms.